The summed E-state index contributed by atoms with van der Waals surface area (Å²) in [5, 5.41) is 2.85. The molecule has 1 N–H and O–H groups in total. The van der Waals surface area contributed by atoms with Gasteiger partial charge in [-0.05, 0) is 67.8 Å². The van der Waals surface area contributed by atoms with Gasteiger partial charge < -0.3 is 5.32 Å². The smallest absolute Gasteiger partial charge is 0.251 e. The number of hydrogen-bond donors (Lipinski definition) is 1. The first-order valence-electron chi connectivity index (χ1n) is 9.33. The number of carbonyl (C=O) groups is 1. The molecule has 0 atom stereocenters. The maximum absolute atomic E-state index is 12.8. The summed E-state index contributed by atoms with van der Waals surface area (Å²) < 4.78 is 25.6. The molecule has 2 aromatic carbocycles. The average molecular weight is 409 g/mol. The first kappa shape index (κ1) is 20.7. The second kappa shape index (κ2) is 8.57. The molecule has 0 unspecified atom stereocenters. The molecular weight excluding hydrogens is 384 g/mol. The van der Waals surface area contributed by atoms with Crippen LogP contribution >= 0.6 is 0 Å². The van der Waals surface area contributed by atoms with Crippen LogP contribution in [-0.2, 0) is 22.1 Å². The summed E-state index contributed by atoms with van der Waals surface area (Å²) in [6.45, 7) is 6.02. The fourth-order valence-electron chi connectivity index (χ4n) is 2.89. The van der Waals surface area contributed by atoms with Crippen molar-refractivity contribution in [3.05, 3.63) is 94.3 Å². The van der Waals surface area contributed by atoms with E-state index >= 15 is 0 Å². The summed E-state index contributed by atoms with van der Waals surface area (Å²) >= 11 is 0. The first-order valence-corrected chi connectivity index (χ1v) is 11.0. The highest BCUT2D eigenvalue weighted by Gasteiger charge is 2.18. The van der Waals surface area contributed by atoms with Crippen molar-refractivity contribution in [2.24, 2.45) is 0 Å². The minimum absolute atomic E-state index is 0.148. The molecule has 0 saturated heterocycles. The Morgan fingerprint density at radius 3 is 2.34 bits per heavy atom. The molecule has 0 aliphatic carbocycles. The van der Waals surface area contributed by atoms with Crippen LogP contribution in [0.25, 0.3) is 0 Å². The van der Waals surface area contributed by atoms with Crippen LogP contribution in [0.4, 0.5) is 0 Å². The summed E-state index contributed by atoms with van der Waals surface area (Å²) in [5.74, 6) is -0.398. The van der Waals surface area contributed by atoms with Crippen molar-refractivity contribution in [3.63, 3.8) is 0 Å². The highest BCUT2D eigenvalue weighted by molar-refractivity contribution is 7.90. The Hall–Kier alpha value is -2.99. The third-order valence-electron chi connectivity index (χ3n) is 4.76. The zero-order valence-corrected chi connectivity index (χ0v) is 17.6. The summed E-state index contributed by atoms with van der Waals surface area (Å²) in [6, 6.07) is 15.7. The maximum atomic E-state index is 12.8. The molecular formula is C23H24N2O3S. The molecule has 1 aromatic heterocycles. The van der Waals surface area contributed by atoms with Gasteiger partial charge in [0.15, 0.2) is 9.84 Å². The fourth-order valence-corrected chi connectivity index (χ4v) is 4.33. The Morgan fingerprint density at radius 1 is 0.966 bits per heavy atom. The topological polar surface area (TPSA) is 76.1 Å². The second-order valence-corrected chi connectivity index (χ2v) is 9.19. The van der Waals surface area contributed by atoms with E-state index < -0.39 is 9.84 Å². The average Bonchev–Trinajstić information content (AvgIpc) is 2.69. The first-order chi connectivity index (χ1) is 13.7. The van der Waals surface area contributed by atoms with Gasteiger partial charge in [-0.2, -0.15) is 0 Å². The highest BCUT2D eigenvalue weighted by atomic mass is 32.2. The lowest BCUT2D eigenvalue weighted by molar-refractivity contribution is 0.0950. The van der Waals surface area contributed by atoms with Crippen LogP contribution in [0, 0.1) is 20.8 Å². The predicted molar refractivity (Wildman–Crippen MR) is 113 cm³/mol. The van der Waals surface area contributed by atoms with Gasteiger partial charge in [-0.3, -0.25) is 9.78 Å². The van der Waals surface area contributed by atoms with Crippen LogP contribution in [0.2, 0.25) is 0 Å². The van der Waals surface area contributed by atoms with Crippen LogP contribution in [-0.4, -0.2) is 19.3 Å². The van der Waals surface area contributed by atoms with E-state index in [0.29, 0.717) is 17.7 Å². The Morgan fingerprint density at radius 2 is 1.69 bits per heavy atom. The van der Waals surface area contributed by atoms with Crippen LogP contribution in [0.1, 0.15) is 38.3 Å². The van der Waals surface area contributed by atoms with Crippen LogP contribution in [0.15, 0.2) is 65.7 Å². The minimum Gasteiger partial charge on any atom is -0.348 e. The number of rotatable bonds is 6. The van der Waals surface area contributed by atoms with Gasteiger partial charge in [0, 0.05) is 24.0 Å². The Balaban J connectivity index is 1.75. The van der Waals surface area contributed by atoms with Gasteiger partial charge in [-0.1, -0.05) is 29.8 Å². The van der Waals surface area contributed by atoms with E-state index in [1.54, 1.807) is 48.7 Å². The number of aryl methyl sites for hydroxylation is 3. The number of sulfone groups is 1. The molecule has 5 nitrogen and oxygen atoms in total. The summed E-state index contributed by atoms with van der Waals surface area (Å²) in [7, 11) is -3.49. The maximum Gasteiger partial charge on any atom is 0.251 e. The molecule has 0 bridgehead atoms. The molecule has 29 heavy (non-hydrogen) atoms. The van der Waals surface area contributed by atoms with Gasteiger partial charge in [0.05, 0.1) is 10.6 Å². The number of carbonyl (C=O) groups excluding carboxylic acids is 1. The second-order valence-electron chi connectivity index (χ2n) is 7.20. The fraction of sp³-hybridized carbons (Fsp3) is 0.217. The van der Waals surface area contributed by atoms with Crippen molar-refractivity contribution in [3.8, 4) is 0 Å². The van der Waals surface area contributed by atoms with E-state index in [1.165, 1.54) is 0 Å². The molecule has 3 rings (SSSR count). The zero-order valence-electron chi connectivity index (χ0n) is 16.8. The molecule has 6 heteroatoms. The number of hydrogen-bond acceptors (Lipinski definition) is 4. The SMILES string of the molecule is Cc1ccc(S(=O)(=O)Cc2cc(C(=O)NCc3ccc(C)nc3)ccc2C)cc1. The van der Waals surface area contributed by atoms with Crippen LogP contribution < -0.4 is 5.32 Å². The lowest BCUT2D eigenvalue weighted by atomic mass is 10.1. The van der Waals surface area contributed by atoms with Gasteiger partial charge in [0.2, 0.25) is 0 Å². The molecule has 0 radical (unpaired) electrons. The van der Waals surface area contributed by atoms with E-state index in [1.807, 2.05) is 32.9 Å². The standard InChI is InChI=1S/C23H24N2O3S/c1-16-4-10-22(11-5-16)29(27,28)15-21-12-20(9-6-17(21)2)23(26)25-14-19-8-7-18(3)24-13-19/h4-13H,14-15H2,1-3H3,(H,25,26). The third kappa shape index (κ3) is 5.29. The van der Waals surface area contributed by atoms with Gasteiger partial charge >= 0.3 is 0 Å². The quantitative estimate of drug-likeness (QED) is 0.671. The number of benzene rings is 2. The Bertz CT molecular complexity index is 1120. The molecule has 0 spiro atoms. The highest BCUT2D eigenvalue weighted by Crippen LogP contribution is 2.20. The predicted octanol–water partition coefficient (Wildman–Crippen LogP) is 3.91. The minimum atomic E-state index is -3.49. The van der Waals surface area contributed by atoms with Crippen molar-refractivity contribution >= 4 is 15.7 Å². The zero-order chi connectivity index (χ0) is 21.0. The molecule has 0 fully saturated rings. The van der Waals surface area contributed by atoms with Crippen LogP contribution in [0.5, 0.6) is 0 Å². The number of aromatic nitrogens is 1. The van der Waals surface area contributed by atoms with Gasteiger partial charge in [0.25, 0.3) is 5.91 Å². The molecule has 0 aliphatic heterocycles. The largest absolute Gasteiger partial charge is 0.348 e. The van der Waals surface area contributed by atoms with E-state index in [4.69, 9.17) is 0 Å². The van der Waals surface area contributed by atoms with Gasteiger partial charge in [-0.15, -0.1) is 0 Å². The normalized spacial score (nSPS) is 11.3. The van der Waals surface area contributed by atoms with E-state index in [2.05, 4.69) is 10.3 Å². The van der Waals surface area contributed by atoms with E-state index in [0.717, 1.165) is 22.4 Å². The van der Waals surface area contributed by atoms with Crippen molar-refractivity contribution in [2.45, 2.75) is 38.0 Å². The number of nitrogens with one attached hydrogen (secondary N) is 1. The van der Waals surface area contributed by atoms with E-state index in [-0.39, 0.29) is 16.6 Å². The molecule has 0 saturated carbocycles. The van der Waals surface area contributed by atoms with Crippen molar-refractivity contribution in [2.75, 3.05) is 0 Å². The Labute approximate surface area is 171 Å². The number of amides is 1. The lowest BCUT2D eigenvalue weighted by Gasteiger charge is -2.11. The summed E-state index contributed by atoms with van der Waals surface area (Å²) in [6.07, 6.45) is 1.73. The summed E-state index contributed by atoms with van der Waals surface area (Å²) in [5.41, 5.74) is 4.71. The number of pyridine rings is 1. The van der Waals surface area contributed by atoms with Crippen molar-refractivity contribution < 1.29 is 13.2 Å². The monoisotopic (exact) mass is 408 g/mol. The van der Waals surface area contributed by atoms with Crippen molar-refractivity contribution in [1.29, 1.82) is 0 Å². The Kier molecular flexibility index (Phi) is 6.13. The van der Waals surface area contributed by atoms with Crippen molar-refractivity contribution in [1.82, 2.24) is 10.3 Å². The molecule has 1 heterocycles. The molecule has 0 aliphatic rings. The van der Waals surface area contributed by atoms with Gasteiger partial charge in [-0.25, -0.2) is 8.42 Å². The third-order valence-corrected chi connectivity index (χ3v) is 6.44. The van der Waals surface area contributed by atoms with E-state index in [9.17, 15) is 13.2 Å². The van der Waals surface area contributed by atoms with Gasteiger partial charge in [0.1, 0.15) is 0 Å². The lowest BCUT2D eigenvalue weighted by Crippen LogP contribution is -2.23. The molecule has 1 amide bonds. The summed E-state index contributed by atoms with van der Waals surface area (Å²) in [4.78, 5) is 17.0. The number of nitrogens with zero attached hydrogens (tertiary/aromatic N) is 1. The molecule has 150 valence electrons. The van der Waals surface area contributed by atoms with Crippen LogP contribution in [0.3, 0.4) is 0 Å². The molecule has 3 aromatic rings.